The van der Waals surface area contributed by atoms with E-state index in [4.69, 9.17) is 9.47 Å². The van der Waals surface area contributed by atoms with Crippen molar-refractivity contribution in [1.29, 1.82) is 0 Å². The molecule has 0 amide bonds. The van der Waals surface area contributed by atoms with Gasteiger partial charge in [-0.05, 0) is 36.6 Å². The molecule has 1 aromatic heterocycles. The summed E-state index contributed by atoms with van der Waals surface area (Å²) < 4.78 is 11.2. The van der Waals surface area contributed by atoms with Gasteiger partial charge in [0, 0.05) is 5.56 Å². The highest BCUT2D eigenvalue weighted by molar-refractivity contribution is 5.56. The van der Waals surface area contributed by atoms with Crippen LogP contribution in [0.15, 0.2) is 36.7 Å². The molecule has 0 aliphatic carbocycles. The van der Waals surface area contributed by atoms with Crippen molar-refractivity contribution in [1.82, 2.24) is 9.97 Å². The lowest BCUT2D eigenvalue weighted by molar-refractivity contribution is 0.256. The smallest absolute Gasteiger partial charge is 0.159 e. The third-order valence-electron chi connectivity index (χ3n) is 3.44. The van der Waals surface area contributed by atoms with Gasteiger partial charge in [0.15, 0.2) is 11.6 Å². The van der Waals surface area contributed by atoms with Crippen molar-refractivity contribution < 1.29 is 9.47 Å². The molecular formula is C18H24N2O2. The van der Waals surface area contributed by atoms with E-state index in [0.717, 1.165) is 30.8 Å². The molecule has 0 aliphatic rings. The van der Waals surface area contributed by atoms with Gasteiger partial charge in [0.2, 0.25) is 0 Å². The van der Waals surface area contributed by atoms with Gasteiger partial charge < -0.3 is 9.47 Å². The average molecular weight is 300 g/mol. The van der Waals surface area contributed by atoms with E-state index >= 15 is 0 Å². The first kappa shape index (κ1) is 16.3. The molecule has 22 heavy (non-hydrogen) atoms. The fourth-order valence-electron chi connectivity index (χ4n) is 1.82. The van der Waals surface area contributed by atoms with E-state index < -0.39 is 0 Å². The number of aromatic nitrogens is 2. The van der Waals surface area contributed by atoms with Gasteiger partial charge in [-0.1, -0.05) is 27.2 Å². The summed E-state index contributed by atoms with van der Waals surface area (Å²) >= 11 is 0. The number of rotatable bonds is 8. The quantitative estimate of drug-likeness (QED) is 0.726. The third-order valence-corrected chi connectivity index (χ3v) is 3.44. The molecule has 2 rings (SSSR count). The van der Waals surface area contributed by atoms with Gasteiger partial charge in [-0.3, -0.25) is 0 Å². The molecule has 0 aliphatic heterocycles. The fourth-order valence-corrected chi connectivity index (χ4v) is 1.82. The van der Waals surface area contributed by atoms with E-state index in [1.54, 1.807) is 12.4 Å². The van der Waals surface area contributed by atoms with Gasteiger partial charge in [0.25, 0.3) is 0 Å². The maximum Gasteiger partial charge on any atom is 0.159 e. The Morgan fingerprint density at radius 2 is 1.64 bits per heavy atom. The van der Waals surface area contributed by atoms with Crippen LogP contribution in [0.4, 0.5) is 0 Å². The summed E-state index contributed by atoms with van der Waals surface area (Å²) in [6, 6.07) is 7.88. The minimum absolute atomic E-state index is 0.568. The summed E-state index contributed by atoms with van der Waals surface area (Å²) in [5.74, 6) is 2.85. The lowest BCUT2D eigenvalue weighted by atomic mass is 10.1. The number of benzene rings is 1. The van der Waals surface area contributed by atoms with E-state index in [0.29, 0.717) is 24.1 Å². The van der Waals surface area contributed by atoms with Crippen LogP contribution in [0, 0.1) is 5.92 Å². The van der Waals surface area contributed by atoms with E-state index in [1.165, 1.54) is 0 Å². The van der Waals surface area contributed by atoms with Crippen molar-refractivity contribution in [2.75, 3.05) is 13.2 Å². The molecule has 0 fully saturated rings. The van der Waals surface area contributed by atoms with Gasteiger partial charge in [-0.25, -0.2) is 9.97 Å². The van der Waals surface area contributed by atoms with E-state index in [9.17, 15) is 0 Å². The lowest BCUT2D eigenvalue weighted by Gasteiger charge is -2.11. The molecule has 0 bridgehead atoms. The zero-order valence-corrected chi connectivity index (χ0v) is 13.6. The van der Waals surface area contributed by atoms with Crippen LogP contribution in [-0.4, -0.2) is 23.2 Å². The predicted molar refractivity (Wildman–Crippen MR) is 88.2 cm³/mol. The van der Waals surface area contributed by atoms with Gasteiger partial charge in [-0.2, -0.15) is 0 Å². The fraction of sp³-hybridized carbons (Fsp3) is 0.444. The normalized spacial score (nSPS) is 12.0. The molecule has 0 radical (unpaired) electrons. The molecule has 0 spiro atoms. The first-order valence-corrected chi connectivity index (χ1v) is 7.91. The monoisotopic (exact) mass is 300 g/mol. The van der Waals surface area contributed by atoms with Crippen LogP contribution in [0.3, 0.4) is 0 Å². The van der Waals surface area contributed by atoms with Crippen molar-refractivity contribution >= 4 is 0 Å². The minimum Gasteiger partial charge on any atom is -0.493 e. The largest absolute Gasteiger partial charge is 0.493 e. The van der Waals surface area contributed by atoms with Crippen LogP contribution in [0.2, 0.25) is 0 Å². The van der Waals surface area contributed by atoms with Gasteiger partial charge in [0.05, 0.1) is 25.6 Å². The molecule has 4 heteroatoms. The Balaban J connectivity index is 1.97. The maximum absolute atomic E-state index is 5.75. The second-order valence-corrected chi connectivity index (χ2v) is 5.44. The Morgan fingerprint density at radius 3 is 2.23 bits per heavy atom. The number of hydrogen-bond acceptors (Lipinski definition) is 4. The second kappa shape index (κ2) is 8.37. The molecule has 1 heterocycles. The Hall–Kier alpha value is -2.10. The summed E-state index contributed by atoms with van der Waals surface area (Å²) in [4.78, 5) is 8.68. The molecule has 0 N–H and O–H groups in total. The zero-order valence-electron chi connectivity index (χ0n) is 13.6. The zero-order chi connectivity index (χ0) is 15.8. The molecule has 0 saturated heterocycles. The van der Waals surface area contributed by atoms with Crippen molar-refractivity contribution in [3.8, 4) is 22.9 Å². The molecule has 4 nitrogen and oxygen atoms in total. The van der Waals surface area contributed by atoms with Crippen LogP contribution >= 0.6 is 0 Å². The van der Waals surface area contributed by atoms with Crippen molar-refractivity contribution in [2.45, 2.75) is 33.6 Å². The lowest BCUT2D eigenvalue weighted by Crippen LogP contribution is -2.07. The Labute approximate surface area is 132 Å². The highest BCUT2D eigenvalue weighted by Crippen LogP contribution is 2.21. The average Bonchev–Trinajstić information content (AvgIpc) is 2.58. The Bertz CT molecular complexity index is 552. The Morgan fingerprint density at radius 1 is 0.955 bits per heavy atom. The first-order valence-electron chi connectivity index (χ1n) is 7.91. The van der Waals surface area contributed by atoms with Gasteiger partial charge >= 0.3 is 0 Å². The van der Waals surface area contributed by atoms with Crippen LogP contribution in [0.25, 0.3) is 11.4 Å². The van der Waals surface area contributed by atoms with Crippen molar-refractivity contribution in [3.63, 3.8) is 0 Å². The standard InChI is InChI=1S/C18H24N2O2/c1-4-10-21-17-11-19-18(20-12-17)15-6-8-16(9-7-15)22-13-14(3)5-2/h6-9,11-12,14H,4-5,10,13H2,1-3H3. The molecule has 2 aromatic rings. The molecule has 0 saturated carbocycles. The van der Waals surface area contributed by atoms with Crippen LogP contribution in [0.1, 0.15) is 33.6 Å². The summed E-state index contributed by atoms with van der Waals surface area (Å²) in [7, 11) is 0. The summed E-state index contributed by atoms with van der Waals surface area (Å²) in [6.07, 6.45) is 5.52. The topological polar surface area (TPSA) is 44.2 Å². The number of nitrogens with zero attached hydrogens (tertiary/aromatic N) is 2. The molecule has 1 unspecified atom stereocenters. The van der Waals surface area contributed by atoms with E-state index in [1.807, 2.05) is 24.3 Å². The van der Waals surface area contributed by atoms with Crippen molar-refractivity contribution in [2.24, 2.45) is 5.92 Å². The van der Waals surface area contributed by atoms with Crippen LogP contribution in [0.5, 0.6) is 11.5 Å². The molecule has 1 aromatic carbocycles. The van der Waals surface area contributed by atoms with Crippen LogP contribution < -0.4 is 9.47 Å². The second-order valence-electron chi connectivity index (χ2n) is 5.44. The number of ether oxygens (including phenoxy) is 2. The summed E-state index contributed by atoms with van der Waals surface area (Å²) in [5, 5.41) is 0. The first-order chi connectivity index (χ1) is 10.7. The van der Waals surface area contributed by atoms with Crippen molar-refractivity contribution in [3.05, 3.63) is 36.7 Å². The van der Waals surface area contributed by atoms with E-state index in [-0.39, 0.29) is 0 Å². The minimum atomic E-state index is 0.568. The predicted octanol–water partition coefficient (Wildman–Crippen LogP) is 4.36. The highest BCUT2D eigenvalue weighted by atomic mass is 16.5. The van der Waals surface area contributed by atoms with Gasteiger partial charge in [0.1, 0.15) is 5.75 Å². The third kappa shape index (κ3) is 4.72. The van der Waals surface area contributed by atoms with E-state index in [2.05, 4.69) is 30.7 Å². The van der Waals surface area contributed by atoms with Crippen LogP contribution in [-0.2, 0) is 0 Å². The molecule has 1 atom stereocenters. The molecule has 118 valence electrons. The SMILES string of the molecule is CCCOc1cnc(-c2ccc(OCC(C)CC)cc2)nc1. The number of hydrogen-bond donors (Lipinski definition) is 0. The highest BCUT2D eigenvalue weighted by Gasteiger charge is 2.04. The summed E-state index contributed by atoms with van der Waals surface area (Å²) in [5.41, 5.74) is 0.970. The maximum atomic E-state index is 5.75. The van der Waals surface area contributed by atoms with Gasteiger partial charge in [-0.15, -0.1) is 0 Å². The molecular weight excluding hydrogens is 276 g/mol. The summed E-state index contributed by atoms with van der Waals surface area (Å²) in [6.45, 7) is 7.85. The Kier molecular flexibility index (Phi) is 6.19.